The van der Waals surface area contributed by atoms with Crippen molar-refractivity contribution in [3.8, 4) is 0 Å². The first-order chi connectivity index (χ1) is 9.09. The van der Waals surface area contributed by atoms with Crippen molar-refractivity contribution in [3.05, 3.63) is 0 Å². The minimum Gasteiger partial charge on any atom is -0.468 e. The molecule has 0 aromatic heterocycles. The summed E-state index contributed by atoms with van der Waals surface area (Å²) in [6.45, 7) is 6.35. The van der Waals surface area contributed by atoms with Gasteiger partial charge < -0.3 is 9.64 Å². The van der Waals surface area contributed by atoms with Crippen LogP contribution >= 0.6 is 0 Å². The molecule has 19 heavy (non-hydrogen) atoms. The molecule has 0 aromatic rings. The summed E-state index contributed by atoms with van der Waals surface area (Å²) in [4.78, 5) is 14.6. The van der Waals surface area contributed by atoms with Gasteiger partial charge in [0.1, 0.15) is 5.54 Å². The molecule has 2 aliphatic carbocycles. The zero-order chi connectivity index (χ0) is 13.9. The molecule has 0 heterocycles. The summed E-state index contributed by atoms with van der Waals surface area (Å²) >= 11 is 0. The standard InChI is InChI=1S/C15H28N2O2/c1-4-10-17(13-7-8-13)11-9-15(2,14(18)19-3)16-12-5-6-12/h12-13,16H,4-11H2,1-3H3. The number of methoxy groups -OCH3 is 1. The van der Waals surface area contributed by atoms with E-state index in [4.69, 9.17) is 4.74 Å². The summed E-state index contributed by atoms with van der Waals surface area (Å²) in [5.41, 5.74) is -0.517. The number of hydrogen-bond donors (Lipinski definition) is 1. The van der Waals surface area contributed by atoms with Gasteiger partial charge >= 0.3 is 5.97 Å². The third-order valence-corrected chi connectivity index (χ3v) is 4.21. The van der Waals surface area contributed by atoms with Crippen LogP contribution in [0.4, 0.5) is 0 Å². The Kier molecular flexibility index (Phi) is 4.85. The lowest BCUT2D eigenvalue weighted by molar-refractivity contribution is -0.148. The van der Waals surface area contributed by atoms with Crippen molar-refractivity contribution < 1.29 is 9.53 Å². The smallest absolute Gasteiger partial charge is 0.325 e. The van der Waals surface area contributed by atoms with E-state index in [1.54, 1.807) is 0 Å². The number of esters is 1. The monoisotopic (exact) mass is 268 g/mol. The average Bonchev–Trinajstić information content (AvgIpc) is 3.25. The van der Waals surface area contributed by atoms with Crippen LogP contribution in [-0.2, 0) is 9.53 Å². The zero-order valence-electron chi connectivity index (χ0n) is 12.6. The maximum atomic E-state index is 12.0. The number of rotatable bonds is 9. The molecule has 2 saturated carbocycles. The van der Waals surface area contributed by atoms with E-state index in [1.807, 2.05) is 6.92 Å². The minimum atomic E-state index is -0.517. The first kappa shape index (κ1) is 14.8. The predicted molar refractivity (Wildman–Crippen MR) is 76.1 cm³/mol. The summed E-state index contributed by atoms with van der Waals surface area (Å²) in [5.74, 6) is -0.119. The Labute approximate surface area is 116 Å². The van der Waals surface area contributed by atoms with Crippen LogP contribution in [0.1, 0.15) is 52.4 Å². The molecule has 1 unspecified atom stereocenters. The Bertz CT molecular complexity index is 313. The van der Waals surface area contributed by atoms with E-state index in [0.29, 0.717) is 6.04 Å². The molecule has 0 aliphatic heterocycles. The lowest BCUT2D eigenvalue weighted by atomic mass is 9.97. The van der Waals surface area contributed by atoms with Crippen LogP contribution in [0.2, 0.25) is 0 Å². The molecule has 2 aliphatic rings. The zero-order valence-corrected chi connectivity index (χ0v) is 12.6. The fraction of sp³-hybridized carbons (Fsp3) is 0.933. The highest BCUT2D eigenvalue weighted by Gasteiger charge is 2.40. The second-order valence-corrected chi connectivity index (χ2v) is 6.26. The molecule has 4 nitrogen and oxygen atoms in total. The molecule has 0 bridgehead atoms. The normalized spacial score (nSPS) is 22.3. The molecule has 1 N–H and O–H groups in total. The molecule has 2 rings (SSSR count). The molecule has 0 spiro atoms. The lowest BCUT2D eigenvalue weighted by Crippen LogP contribution is -2.53. The van der Waals surface area contributed by atoms with Gasteiger partial charge in [-0.25, -0.2) is 0 Å². The van der Waals surface area contributed by atoms with E-state index >= 15 is 0 Å². The maximum Gasteiger partial charge on any atom is 0.325 e. The van der Waals surface area contributed by atoms with E-state index in [-0.39, 0.29) is 5.97 Å². The van der Waals surface area contributed by atoms with Crippen molar-refractivity contribution in [2.75, 3.05) is 20.2 Å². The summed E-state index contributed by atoms with van der Waals surface area (Å²) < 4.78 is 4.99. The molecular weight excluding hydrogens is 240 g/mol. The maximum absolute atomic E-state index is 12.0. The molecular formula is C15H28N2O2. The van der Waals surface area contributed by atoms with Crippen LogP contribution in [-0.4, -0.2) is 48.7 Å². The Balaban J connectivity index is 1.88. The molecule has 0 saturated heterocycles. The Morgan fingerprint density at radius 1 is 1.32 bits per heavy atom. The van der Waals surface area contributed by atoms with Crippen molar-refractivity contribution in [3.63, 3.8) is 0 Å². The SMILES string of the molecule is CCCN(CCC(C)(NC1CC1)C(=O)OC)C1CC1. The van der Waals surface area contributed by atoms with Crippen molar-refractivity contribution in [1.29, 1.82) is 0 Å². The average molecular weight is 268 g/mol. The van der Waals surface area contributed by atoms with Crippen LogP contribution in [0, 0.1) is 0 Å². The second-order valence-electron chi connectivity index (χ2n) is 6.26. The Morgan fingerprint density at radius 2 is 2.00 bits per heavy atom. The molecule has 0 amide bonds. The largest absolute Gasteiger partial charge is 0.468 e. The van der Waals surface area contributed by atoms with E-state index in [2.05, 4.69) is 17.1 Å². The van der Waals surface area contributed by atoms with Crippen molar-refractivity contribution >= 4 is 5.97 Å². The fourth-order valence-corrected chi connectivity index (χ4v) is 2.71. The van der Waals surface area contributed by atoms with Crippen molar-refractivity contribution in [2.24, 2.45) is 0 Å². The number of carbonyl (C=O) groups is 1. The summed E-state index contributed by atoms with van der Waals surface area (Å²) in [5, 5.41) is 3.47. The van der Waals surface area contributed by atoms with Crippen LogP contribution in [0.3, 0.4) is 0 Å². The second kappa shape index (κ2) is 6.23. The Morgan fingerprint density at radius 3 is 2.47 bits per heavy atom. The molecule has 2 fully saturated rings. The summed E-state index contributed by atoms with van der Waals surface area (Å²) in [7, 11) is 1.49. The summed E-state index contributed by atoms with van der Waals surface area (Å²) in [6.07, 6.45) is 7.05. The van der Waals surface area contributed by atoms with E-state index in [9.17, 15) is 4.79 Å². The van der Waals surface area contributed by atoms with Crippen molar-refractivity contribution in [1.82, 2.24) is 10.2 Å². The van der Waals surface area contributed by atoms with Gasteiger partial charge in [0, 0.05) is 18.6 Å². The highest BCUT2D eigenvalue weighted by atomic mass is 16.5. The van der Waals surface area contributed by atoms with Gasteiger partial charge in [-0.1, -0.05) is 6.92 Å². The van der Waals surface area contributed by atoms with E-state index in [1.165, 1.54) is 39.2 Å². The van der Waals surface area contributed by atoms with Crippen LogP contribution in [0.25, 0.3) is 0 Å². The van der Waals surface area contributed by atoms with Gasteiger partial charge in [0.15, 0.2) is 0 Å². The van der Waals surface area contributed by atoms with Gasteiger partial charge in [0.25, 0.3) is 0 Å². The van der Waals surface area contributed by atoms with Crippen LogP contribution < -0.4 is 5.32 Å². The number of carbonyl (C=O) groups excluding carboxylic acids is 1. The highest BCUT2D eigenvalue weighted by molar-refractivity contribution is 5.80. The minimum absolute atomic E-state index is 0.119. The van der Waals surface area contributed by atoms with Crippen molar-refractivity contribution in [2.45, 2.75) is 70.0 Å². The quantitative estimate of drug-likeness (QED) is 0.649. The summed E-state index contributed by atoms with van der Waals surface area (Å²) in [6, 6.07) is 1.28. The Hall–Kier alpha value is -0.610. The van der Waals surface area contributed by atoms with Gasteiger partial charge in [0.2, 0.25) is 0 Å². The molecule has 110 valence electrons. The highest BCUT2D eigenvalue weighted by Crippen LogP contribution is 2.29. The van der Waals surface area contributed by atoms with Crippen LogP contribution in [0.15, 0.2) is 0 Å². The topological polar surface area (TPSA) is 41.6 Å². The number of nitrogens with one attached hydrogen (secondary N) is 1. The van der Waals surface area contributed by atoms with E-state index in [0.717, 1.165) is 25.6 Å². The predicted octanol–water partition coefficient (Wildman–Crippen LogP) is 1.93. The molecule has 0 radical (unpaired) electrons. The number of ether oxygens (including phenoxy) is 1. The third-order valence-electron chi connectivity index (χ3n) is 4.21. The number of hydrogen-bond acceptors (Lipinski definition) is 4. The third kappa shape index (κ3) is 4.18. The van der Waals surface area contributed by atoms with Gasteiger partial charge in [-0.3, -0.25) is 10.1 Å². The van der Waals surface area contributed by atoms with E-state index < -0.39 is 5.54 Å². The van der Waals surface area contributed by atoms with Crippen LogP contribution in [0.5, 0.6) is 0 Å². The van der Waals surface area contributed by atoms with Gasteiger partial charge in [-0.15, -0.1) is 0 Å². The molecule has 1 atom stereocenters. The fourth-order valence-electron chi connectivity index (χ4n) is 2.71. The van der Waals surface area contributed by atoms with Gasteiger partial charge in [0.05, 0.1) is 7.11 Å². The van der Waals surface area contributed by atoms with Gasteiger partial charge in [-0.05, 0) is 52.0 Å². The van der Waals surface area contributed by atoms with Gasteiger partial charge in [-0.2, -0.15) is 0 Å². The lowest BCUT2D eigenvalue weighted by Gasteiger charge is -2.31. The first-order valence-electron chi connectivity index (χ1n) is 7.69. The number of nitrogens with zero attached hydrogens (tertiary/aromatic N) is 1. The first-order valence-corrected chi connectivity index (χ1v) is 7.69. The molecule has 4 heteroatoms. The molecule has 0 aromatic carbocycles.